The number of nitrogens with one attached hydrogen (secondary N) is 1. The SMILES string of the molecule is COc1ccc(Br)c(C(=O)NCC2CCN(Cc3nc(C)c(C)o3)CC2)c1. The predicted octanol–water partition coefficient (Wildman–Crippen LogP) is 3.70. The minimum atomic E-state index is -0.0751. The summed E-state index contributed by atoms with van der Waals surface area (Å²) < 4.78 is 11.7. The van der Waals surface area contributed by atoms with E-state index in [0.717, 1.165) is 54.3 Å². The molecule has 6 nitrogen and oxygen atoms in total. The Labute approximate surface area is 168 Å². The van der Waals surface area contributed by atoms with E-state index in [2.05, 4.69) is 31.1 Å². The lowest BCUT2D eigenvalue weighted by atomic mass is 9.96. The number of hydrogen-bond acceptors (Lipinski definition) is 5. The highest BCUT2D eigenvalue weighted by atomic mass is 79.9. The lowest BCUT2D eigenvalue weighted by molar-refractivity contribution is 0.0932. The first kappa shape index (κ1) is 19.9. The maximum absolute atomic E-state index is 12.5. The summed E-state index contributed by atoms with van der Waals surface area (Å²) in [6.45, 7) is 7.34. The summed E-state index contributed by atoms with van der Waals surface area (Å²) in [7, 11) is 1.60. The van der Waals surface area contributed by atoms with Gasteiger partial charge in [0.15, 0.2) is 0 Å². The number of aryl methyl sites for hydroxylation is 2. The molecule has 1 fully saturated rings. The van der Waals surface area contributed by atoms with Crippen LogP contribution in [0, 0.1) is 19.8 Å². The van der Waals surface area contributed by atoms with E-state index in [0.29, 0.717) is 23.8 Å². The number of benzene rings is 1. The van der Waals surface area contributed by atoms with Crippen LogP contribution in [0.3, 0.4) is 0 Å². The van der Waals surface area contributed by atoms with E-state index in [9.17, 15) is 4.79 Å². The molecule has 3 rings (SSSR count). The van der Waals surface area contributed by atoms with Crippen molar-refractivity contribution in [1.29, 1.82) is 0 Å². The molecule has 0 unspecified atom stereocenters. The molecule has 2 heterocycles. The van der Waals surface area contributed by atoms with Crippen LogP contribution in [-0.2, 0) is 6.54 Å². The number of aromatic nitrogens is 1. The molecule has 2 aromatic rings. The van der Waals surface area contributed by atoms with Gasteiger partial charge in [0.05, 0.1) is 24.9 Å². The van der Waals surface area contributed by atoms with Gasteiger partial charge in [-0.3, -0.25) is 9.69 Å². The first-order chi connectivity index (χ1) is 13.0. The molecule has 0 radical (unpaired) electrons. The number of likely N-dealkylation sites (tertiary alicyclic amines) is 1. The van der Waals surface area contributed by atoms with Crippen LogP contribution < -0.4 is 10.1 Å². The number of methoxy groups -OCH3 is 1. The van der Waals surface area contributed by atoms with Crippen LogP contribution in [0.2, 0.25) is 0 Å². The predicted molar refractivity (Wildman–Crippen MR) is 107 cm³/mol. The standard InChI is InChI=1S/C20H26BrN3O3/c1-13-14(2)27-19(23-13)12-24-8-6-15(7-9-24)11-22-20(25)17-10-16(26-3)4-5-18(17)21/h4-5,10,15H,6-9,11-12H2,1-3H3,(H,22,25). The number of ether oxygens (including phenoxy) is 1. The van der Waals surface area contributed by atoms with Crippen LogP contribution in [0.4, 0.5) is 0 Å². The maximum atomic E-state index is 12.5. The highest BCUT2D eigenvalue weighted by Gasteiger charge is 2.22. The summed E-state index contributed by atoms with van der Waals surface area (Å²) in [5, 5.41) is 3.06. The van der Waals surface area contributed by atoms with Gasteiger partial charge in [-0.25, -0.2) is 4.98 Å². The fourth-order valence-electron chi connectivity index (χ4n) is 3.28. The first-order valence-electron chi connectivity index (χ1n) is 9.23. The lowest BCUT2D eigenvalue weighted by Gasteiger charge is -2.31. The molecule has 27 heavy (non-hydrogen) atoms. The second kappa shape index (κ2) is 8.89. The van der Waals surface area contributed by atoms with Gasteiger partial charge in [0.2, 0.25) is 5.89 Å². The molecule has 0 aliphatic carbocycles. The monoisotopic (exact) mass is 435 g/mol. The Morgan fingerprint density at radius 1 is 1.37 bits per heavy atom. The first-order valence-corrected chi connectivity index (χ1v) is 10.0. The van der Waals surface area contributed by atoms with Crippen molar-refractivity contribution in [3.8, 4) is 5.75 Å². The third-order valence-corrected chi connectivity index (χ3v) is 5.80. The minimum absolute atomic E-state index is 0.0751. The molecule has 1 saturated heterocycles. The molecule has 146 valence electrons. The zero-order valence-corrected chi connectivity index (χ0v) is 17.6. The lowest BCUT2D eigenvalue weighted by Crippen LogP contribution is -2.38. The maximum Gasteiger partial charge on any atom is 0.252 e. The normalized spacial score (nSPS) is 15.7. The topological polar surface area (TPSA) is 67.6 Å². The van der Waals surface area contributed by atoms with Crippen LogP contribution in [0.15, 0.2) is 27.1 Å². The van der Waals surface area contributed by atoms with Crippen molar-refractivity contribution in [3.63, 3.8) is 0 Å². The summed E-state index contributed by atoms with van der Waals surface area (Å²) in [6.07, 6.45) is 2.11. The number of hydrogen-bond donors (Lipinski definition) is 1. The van der Waals surface area contributed by atoms with Crippen LogP contribution in [-0.4, -0.2) is 42.5 Å². The highest BCUT2D eigenvalue weighted by Crippen LogP contribution is 2.23. The smallest absolute Gasteiger partial charge is 0.252 e. The van der Waals surface area contributed by atoms with E-state index in [-0.39, 0.29) is 5.91 Å². The summed E-state index contributed by atoms with van der Waals surface area (Å²) in [6, 6.07) is 5.41. The molecule has 1 aliphatic rings. The molecule has 1 aromatic heterocycles. The Balaban J connectivity index is 1.46. The van der Waals surface area contributed by atoms with Crippen LogP contribution >= 0.6 is 15.9 Å². The van der Waals surface area contributed by atoms with Crippen molar-refractivity contribution in [3.05, 3.63) is 45.6 Å². The van der Waals surface area contributed by atoms with Gasteiger partial charge in [-0.1, -0.05) is 0 Å². The molecule has 0 spiro atoms. The summed E-state index contributed by atoms with van der Waals surface area (Å²) in [5.74, 6) is 2.77. The van der Waals surface area contributed by atoms with Gasteiger partial charge in [-0.05, 0) is 79.8 Å². The van der Waals surface area contributed by atoms with Crippen LogP contribution in [0.5, 0.6) is 5.75 Å². The molecule has 1 amide bonds. The summed E-state index contributed by atoms with van der Waals surface area (Å²) in [4.78, 5) is 19.3. The molecule has 7 heteroatoms. The number of nitrogens with zero attached hydrogens (tertiary/aromatic N) is 2. The minimum Gasteiger partial charge on any atom is -0.497 e. The third kappa shape index (κ3) is 5.11. The number of halogens is 1. The van der Waals surface area contributed by atoms with E-state index < -0.39 is 0 Å². The van der Waals surface area contributed by atoms with Gasteiger partial charge in [0, 0.05) is 11.0 Å². The number of carbonyl (C=O) groups is 1. The Bertz CT molecular complexity index is 778. The van der Waals surface area contributed by atoms with E-state index in [1.54, 1.807) is 13.2 Å². The molecule has 0 bridgehead atoms. The Morgan fingerprint density at radius 3 is 2.74 bits per heavy atom. The van der Waals surface area contributed by atoms with Crippen molar-refractivity contribution >= 4 is 21.8 Å². The largest absolute Gasteiger partial charge is 0.497 e. The molecule has 1 aromatic carbocycles. The van der Waals surface area contributed by atoms with E-state index in [1.807, 2.05) is 26.0 Å². The van der Waals surface area contributed by atoms with E-state index >= 15 is 0 Å². The van der Waals surface area contributed by atoms with Crippen molar-refractivity contribution in [2.45, 2.75) is 33.2 Å². The second-order valence-electron chi connectivity index (χ2n) is 7.02. The van der Waals surface area contributed by atoms with E-state index in [4.69, 9.17) is 9.15 Å². The van der Waals surface area contributed by atoms with Gasteiger partial charge in [-0.15, -0.1) is 0 Å². The number of oxazole rings is 1. The highest BCUT2D eigenvalue weighted by molar-refractivity contribution is 9.10. The van der Waals surface area contributed by atoms with Gasteiger partial charge < -0.3 is 14.5 Å². The number of amides is 1. The second-order valence-corrected chi connectivity index (χ2v) is 7.88. The molecular formula is C20H26BrN3O3. The Hall–Kier alpha value is -1.86. The average molecular weight is 436 g/mol. The quantitative estimate of drug-likeness (QED) is 0.748. The van der Waals surface area contributed by atoms with Crippen molar-refractivity contribution in [2.24, 2.45) is 5.92 Å². The Kier molecular flexibility index (Phi) is 6.55. The fraction of sp³-hybridized carbons (Fsp3) is 0.500. The van der Waals surface area contributed by atoms with Gasteiger partial charge >= 0.3 is 0 Å². The van der Waals surface area contributed by atoms with Crippen LogP contribution in [0.25, 0.3) is 0 Å². The summed E-state index contributed by atoms with van der Waals surface area (Å²) in [5.41, 5.74) is 1.56. The fourth-order valence-corrected chi connectivity index (χ4v) is 3.71. The third-order valence-electron chi connectivity index (χ3n) is 5.11. The molecule has 0 saturated carbocycles. The molecule has 0 atom stereocenters. The van der Waals surface area contributed by atoms with Gasteiger partial charge in [0.1, 0.15) is 11.5 Å². The average Bonchev–Trinajstić information content (AvgIpc) is 2.98. The van der Waals surface area contributed by atoms with Crippen molar-refractivity contribution in [2.75, 3.05) is 26.7 Å². The number of piperidine rings is 1. The van der Waals surface area contributed by atoms with E-state index in [1.165, 1.54) is 0 Å². The number of rotatable bonds is 6. The Morgan fingerprint density at radius 2 is 2.11 bits per heavy atom. The molecule has 1 N–H and O–H groups in total. The van der Waals surface area contributed by atoms with Crippen LogP contribution in [0.1, 0.15) is 40.5 Å². The van der Waals surface area contributed by atoms with Crippen molar-refractivity contribution in [1.82, 2.24) is 15.2 Å². The molecular weight excluding hydrogens is 410 g/mol. The summed E-state index contributed by atoms with van der Waals surface area (Å²) >= 11 is 3.43. The van der Waals surface area contributed by atoms with Crippen molar-refractivity contribution < 1.29 is 13.9 Å². The zero-order chi connectivity index (χ0) is 19.4. The van der Waals surface area contributed by atoms with Gasteiger partial charge in [0.25, 0.3) is 5.91 Å². The van der Waals surface area contributed by atoms with Gasteiger partial charge in [-0.2, -0.15) is 0 Å². The molecule has 1 aliphatic heterocycles. The number of carbonyl (C=O) groups excluding carboxylic acids is 1. The zero-order valence-electron chi connectivity index (χ0n) is 16.0.